The number of pyridine rings is 1. The number of nitrogens with zero attached hydrogens (tertiary/aromatic N) is 1. The third-order valence-electron chi connectivity index (χ3n) is 2.41. The Bertz CT molecular complexity index is 472. The molecule has 1 heteroatoms. The van der Waals surface area contributed by atoms with E-state index in [-0.39, 0.29) is 0 Å². The van der Waals surface area contributed by atoms with Crippen LogP contribution < -0.4 is 0 Å². The molecule has 70 valence electrons. The molecule has 1 nitrogen and oxygen atoms in total. The molecule has 0 N–H and O–H groups in total. The minimum atomic E-state index is 0.959. The maximum atomic E-state index is 4.48. The molecule has 0 saturated carbocycles. The molecule has 0 aliphatic heterocycles. The molecule has 0 spiro atoms. The predicted octanol–water partition coefficient (Wildman–Crippen LogP) is 3.44. The Balaban J connectivity index is 2.79. The highest BCUT2D eigenvalue weighted by atomic mass is 14.7. The lowest BCUT2D eigenvalue weighted by Crippen LogP contribution is -1.89. The first-order valence-electron chi connectivity index (χ1n) is 4.86. The Hall–Kier alpha value is -1.63. The van der Waals surface area contributed by atoms with Gasteiger partial charge < -0.3 is 0 Å². The second-order valence-corrected chi connectivity index (χ2v) is 3.28. The molecular weight excluding hydrogens is 170 g/mol. The van der Waals surface area contributed by atoms with Gasteiger partial charge in [-0.25, -0.2) is 4.98 Å². The third kappa shape index (κ3) is 1.41. The van der Waals surface area contributed by atoms with Gasteiger partial charge in [0.1, 0.15) is 0 Å². The lowest BCUT2D eigenvalue weighted by atomic mass is 10.1. The Morgan fingerprint density at radius 3 is 2.86 bits per heavy atom. The summed E-state index contributed by atoms with van der Waals surface area (Å²) in [6.45, 7) is 5.91. The number of rotatable bonds is 2. The van der Waals surface area contributed by atoms with Crippen LogP contribution in [-0.2, 0) is 6.42 Å². The van der Waals surface area contributed by atoms with Crippen molar-refractivity contribution in [2.75, 3.05) is 0 Å². The first kappa shape index (κ1) is 8.95. The van der Waals surface area contributed by atoms with Gasteiger partial charge in [0.15, 0.2) is 0 Å². The molecule has 0 bridgehead atoms. The number of aryl methyl sites for hydroxylation is 1. The average Bonchev–Trinajstić information content (AvgIpc) is 2.27. The Morgan fingerprint density at radius 1 is 1.36 bits per heavy atom. The van der Waals surface area contributed by atoms with Crippen LogP contribution in [0.25, 0.3) is 17.0 Å². The molecule has 0 fully saturated rings. The van der Waals surface area contributed by atoms with Crippen molar-refractivity contribution in [3.05, 3.63) is 48.2 Å². The zero-order chi connectivity index (χ0) is 9.97. The van der Waals surface area contributed by atoms with Crippen LogP contribution in [0.4, 0.5) is 0 Å². The SMILES string of the molecule is C=Cc1cc(CC)c2ccccc2n1. The summed E-state index contributed by atoms with van der Waals surface area (Å²) >= 11 is 0. The maximum absolute atomic E-state index is 4.48. The van der Waals surface area contributed by atoms with Gasteiger partial charge in [0.05, 0.1) is 11.2 Å². The number of fused-ring (bicyclic) bond motifs is 1. The summed E-state index contributed by atoms with van der Waals surface area (Å²) in [4.78, 5) is 4.48. The highest BCUT2D eigenvalue weighted by Crippen LogP contribution is 2.18. The van der Waals surface area contributed by atoms with Crippen LogP contribution in [0, 0.1) is 0 Å². The average molecular weight is 183 g/mol. The molecule has 0 saturated heterocycles. The van der Waals surface area contributed by atoms with E-state index in [1.807, 2.05) is 12.1 Å². The van der Waals surface area contributed by atoms with Gasteiger partial charge in [-0.1, -0.05) is 31.7 Å². The van der Waals surface area contributed by atoms with Crippen LogP contribution in [0.3, 0.4) is 0 Å². The van der Waals surface area contributed by atoms with Crippen LogP contribution in [-0.4, -0.2) is 4.98 Å². The smallest absolute Gasteiger partial charge is 0.0712 e. The standard InChI is InChI=1S/C13H13N/c1-3-10-9-11(4-2)14-13-8-6-5-7-12(10)13/h4-9H,2-3H2,1H3. The molecule has 1 aromatic heterocycles. The highest BCUT2D eigenvalue weighted by molar-refractivity contribution is 5.83. The third-order valence-corrected chi connectivity index (χ3v) is 2.41. The lowest BCUT2D eigenvalue weighted by Gasteiger charge is -2.04. The van der Waals surface area contributed by atoms with Crippen molar-refractivity contribution in [2.24, 2.45) is 0 Å². The van der Waals surface area contributed by atoms with E-state index in [0.29, 0.717) is 0 Å². The Kier molecular flexibility index (Phi) is 2.32. The number of para-hydroxylation sites is 1. The van der Waals surface area contributed by atoms with E-state index in [9.17, 15) is 0 Å². The Morgan fingerprint density at radius 2 is 2.14 bits per heavy atom. The van der Waals surface area contributed by atoms with E-state index in [1.165, 1.54) is 10.9 Å². The molecule has 2 rings (SSSR count). The van der Waals surface area contributed by atoms with Gasteiger partial charge in [0, 0.05) is 5.39 Å². The summed E-state index contributed by atoms with van der Waals surface area (Å²) in [7, 11) is 0. The maximum Gasteiger partial charge on any atom is 0.0712 e. The van der Waals surface area contributed by atoms with Crippen molar-refractivity contribution < 1.29 is 0 Å². The topological polar surface area (TPSA) is 12.9 Å². The van der Waals surface area contributed by atoms with Crippen molar-refractivity contribution in [2.45, 2.75) is 13.3 Å². The van der Waals surface area contributed by atoms with Gasteiger partial charge >= 0.3 is 0 Å². The number of hydrogen-bond acceptors (Lipinski definition) is 1. The van der Waals surface area contributed by atoms with E-state index in [1.54, 1.807) is 6.08 Å². The molecule has 1 heterocycles. The van der Waals surface area contributed by atoms with Gasteiger partial charge in [-0.3, -0.25) is 0 Å². The van der Waals surface area contributed by atoms with Gasteiger partial charge in [0.25, 0.3) is 0 Å². The van der Waals surface area contributed by atoms with Gasteiger partial charge in [-0.2, -0.15) is 0 Å². The molecule has 2 aromatic rings. The molecule has 1 aromatic carbocycles. The fourth-order valence-corrected chi connectivity index (χ4v) is 1.67. The van der Waals surface area contributed by atoms with Crippen LogP contribution in [0.1, 0.15) is 18.2 Å². The molecule has 0 radical (unpaired) electrons. The molecule has 14 heavy (non-hydrogen) atoms. The monoisotopic (exact) mass is 183 g/mol. The van der Waals surface area contributed by atoms with E-state index >= 15 is 0 Å². The number of benzene rings is 1. The van der Waals surface area contributed by atoms with Crippen molar-refractivity contribution in [3.63, 3.8) is 0 Å². The Labute approximate surface area is 84.1 Å². The van der Waals surface area contributed by atoms with Crippen molar-refractivity contribution in [3.8, 4) is 0 Å². The van der Waals surface area contributed by atoms with E-state index < -0.39 is 0 Å². The van der Waals surface area contributed by atoms with Crippen LogP contribution in [0.5, 0.6) is 0 Å². The molecule has 0 aliphatic carbocycles. The van der Waals surface area contributed by atoms with Gasteiger partial charge in [-0.15, -0.1) is 0 Å². The van der Waals surface area contributed by atoms with Gasteiger partial charge in [0.2, 0.25) is 0 Å². The summed E-state index contributed by atoms with van der Waals surface area (Å²) in [6.07, 6.45) is 2.83. The zero-order valence-electron chi connectivity index (χ0n) is 8.33. The molecular formula is C13H13N. The molecule has 0 aliphatic rings. The largest absolute Gasteiger partial charge is 0.248 e. The molecule has 0 unspecified atom stereocenters. The lowest BCUT2D eigenvalue weighted by molar-refractivity contribution is 1.14. The first-order valence-corrected chi connectivity index (χ1v) is 4.86. The summed E-state index contributed by atoms with van der Waals surface area (Å²) < 4.78 is 0. The van der Waals surface area contributed by atoms with E-state index in [4.69, 9.17) is 0 Å². The minimum Gasteiger partial charge on any atom is -0.248 e. The van der Waals surface area contributed by atoms with Crippen LogP contribution in [0.15, 0.2) is 36.9 Å². The second kappa shape index (κ2) is 3.62. The summed E-state index contributed by atoms with van der Waals surface area (Å²) in [5, 5.41) is 1.25. The van der Waals surface area contributed by atoms with E-state index in [0.717, 1.165) is 17.6 Å². The fourth-order valence-electron chi connectivity index (χ4n) is 1.67. The predicted molar refractivity (Wildman–Crippen MR) is 61.2 cm³/mol. The van der Waals surface area contributed by atoms with Crippen molar-refractivity contribution in [1.29, 1.82) is 0 Å². The molecule has 0 amide bonds. The summed E-state index contributed by atoms with van der Waals surface area (Å²) in [5.41, 5.74) is 3.35. The van der Waals surface area contributed by atoms with Crippen LogP contribution >= 0.6 is 0 Å². The summed E-state index contributed by atoms with van der Waals surface area (Å²) in [5.74, 6) is 0. The summed E-state index contributed by atoms with van der Waals surface area (Å²) in [6, 6.07) is 10.3. The number of aromatic nitrogens is 1. The molecule has 0 atom stereocenters. The van der Waals surface area contributed by atoms with Crippen molar-refractivity contribution >= 4 is 17.0 Å². The van der Waals surface area contributed by atoms with Crippen molar-refractivity contribution in [1.82, 2.24) is 4.98 Å². The fraction of sp³-hybridized carbons (Fsp3) is 0.154. The quantitative estimate of drug-likeness (QED) is 0.695. The second-order valence-electron chi connectivity index (χ2n) is 3.28. The first-order chi connectivity index (χ1) is 6.85. The minimum absolute atomic E-state index is 0.959. The normalized spacial score (nSPS) is 10.4. The van der Waals surface area contributed by atoms with Gasteiger partial charge in [-0.05, 0) is 30.2 Å². The zero-order valence-corrected chi connectivity index (χ0v) is 8.33. The highest BCUT2D eigenvalue weighted by Gasteiger charge is 2.01. The van der Waals surface area contributed by atoms with E-state index in [2.05, 4.69) is 36.7 Å². The number of hydrogen-bond donors (Lipinski definition) is 0. The van der Waals surface area contributed by atoms with Crippen LogP contribution in [0.2, 0.25) is 0 Å².